The van der Waals surface area contributed by atoms with E-state index in [4.69, 9.17) is 4.18 Å². The average Bonchev–Trinajstić information content (AvgIpc) is 2.90. The van der Waals surface area contributed by atoms with Gasteiger partial charge >= 0.3 is 51.4 Å². The van der Waals surface area contributed by atoms with Gasteiger partial charge in [0.1, 0.15) is 0 Å². The standard InChI is InChI=1S/C33H67FO3S.K.H/c1-3-5-7-9-11-13-14-15-16-17-18-19-20-21-22-24-26-28-30-32-37-38(35,36)33(34)31-29-27-25-23-12-10-8-6-4-2;;/h33H,3-32H2,1-2H3;;/q;+1;-1. The fourth-order valence-corrected chi connectivity index (χ4v) is 6.14. The Labute approximate surface area is 289 Å². The molecule has 0 bridgehead atoms. The molecule has 6 heteroatoms. The zero-order chi connectivity index (χ0) is 28.0. The van der Waals surface area contributed by atoms with Crippen LogP contribution in [-0.2, 0) is 14.3 Å². The molecule has 0 saturated heterocycles. The summed E-state index contributed by atoms with van der Waals surface area (Å²) in [5, 5.41) is 0. The molecule has 0 spiro atoms. The first-order valence-corrected chi connectivity index (χ1v) is 18.5. The summed E-state index contributed by atoms with van der Waals surface area (Å²) in [6.45, 7) is 4.62. The van der Waals surface area contributed by atoms with E-state index in [0.717, 1.165) is 25.7 Å². The van der Waals surface area contributed by atoms with Gasteiger partial charge in [0.2, 0.25) is 5.50 Å². The molecule has 0 saturated carbocycles. The molecule has 0 aromatic carbocycles. The Hall–Kier alpha value is 1.48. The van der Waals surface area contributed by atoms with Crippen molar-refractivity contribution in [3.8, 4) is 0 Å². The van der Waals surface area contributed by atoms with Crippen LogP contribution in [0.25, 0.3) is 0 Å². The van der Waals surface area contributed by atoms with E-state index in [1.165, 1.54) is 141 Å². The first-order chi connectivity index (χ1) is 18.5. The summed E-state index contributed by atoms with van der Waals surface area (Å²) in [5.74, 6) is 0. The fourth-order valence-electron chi connectivity index (χ4n) is 5.19. The number of unbranched alkanes of at least 4 members (excludes halogenated alkanes) is 26. The molecule has 1 atom stereocenters. The van der Waals surface area contributed by atoms with Gasteiger partial charge in [0.05, 0.1) is 6.61 Å². The molecule has 0 aromatic heterocycles. The number of hydrogen-bond donors (Lipinski definition) is 0. The zero-order valence-corrected chi connectivity index (χ0v) is 30.7. The van der Waals surface area contributed by atoms with Crippen molar-refractivity contribution in [3.05, 3.63) is 0 Å². The third kappa shape index (κ3) is 32.2. The molecule has 1 unspecified atom stereocenters. The first kappa shape index (κ1) is 42.6. The minimum absolute atomic E-state index is 0. The topological polar surface area (TPSA) is 43.4 Å². The van der Waals surface area contributed by atoms with E-state index in [1.54, 1.807) is 0 Å². The van der Waals surface area contributed by atoms with Crippen LogP contribution < -0.4 is 51.4 Å². The molecule has 0 amide bonds. The molecule has 0 rings (SSSR count). The van der Waals surface area contributed by atoms with Gasteiger partial charge in [-0.05, 0) is 19.3 Å². The molecule has 0 heterocycles. The minimum Gasteiger partial charge on any atom is -1.00 e. The zero-order valence-electron chi connectivity index (χ0n) is 27.8. The van der Waals surface area contributed by atoms with Crippen LogP contribution >= 0.6 is 0 Å². The Balaban J connectivity index is -0.00000684. The number of alkyl halides is 1. The van der Waals surface area contributed by atoms with E-state index < -0.39 is 15.6 Å². The van der Waals surface area contributed by atoms with Crippen LogP contribution in [0.3, 0.4) is 0 Å². The van der Waals surface area contributed by atoms with Crippen molar-refractivity contribution in [2.75, 3.05) is 6.61 Å². The van der Waals surface area contributed by atoms with Gasteiger partial charge < -0.3 is 1.43 Å². The van der Waals surface area contributed by atoms with Crippen LogP contribution in [0.1, 0.15) is 201 Å². The maximum absolute atomic E-state index is 14.1. The van der Waals surface area contributed by atoms with Crippen molar-refractivity contribution in [1.82, 2.24) is 0 Å². The molecular formula is C33H68FKO3S. The van der Waals surface area contributed by atoms with Gasteiger partial charge in [0, 0.05) is 0 Å². The monoisotopic (exact) mass is 602 g/mol. The van der Waals surface area contributed by atoms with Crippen molar-refractivity contribution < 1.29 is 69.8 Å². The third-order valence-corrected chi connectivity index (χ3v) is 9.20. The summed E-state index contributed by atoms with van der Waals surface area (Å²) in [6, 6.07) is 0. The van der Waals surface area contributed by atoms with Crippen molar-refractivity contribution >= 4 is 10.1 Å². The molecule has 0 aliphatic heterocycles. The van der Waals surface area contributed by atoms with Crippen molar-refractivity contribution in [1.29, 1.82) is 0 Å². The average molecular weight is 603 g/mol. The van der Waals surface area contributed by atoms with Crippen molar-refractivity contribution in [3.63, 3.8) is 0 Å². The second kappa shape index (κ2) is 34.0. The third-order valence-electron chi connectivity index (χ3n) is 7.84. The van der Waals surface area contributed by atoms with Crippen LogP contribution in [-0.4, -0.2) is 20.5 Å². The van der Waals surface area contributed by atoms with Crippen LogP contribution in [0.15, 0.2) is 0 Å². The van der Waals surface area contributed by atoms with Gasteiger partial charge in [-0.1, -0.05) is 181 Å². The van der Waals surface area contributed by atoms with Crippen molar-refractivity contribution in [2.45, 2.75) is 206 Å². The Morgan fingerprint density at radius 2 is 0.744 bits per heavy atom. The van der Waals surface area contributed by atoms with E-state index in [2.05, 4.69) is 13.8 Å². The summed E-state index contributed by atoms with van der Waals surface area (Å²) in [4.78, 5) is 0. The maximum Gasteiger partial charge on any atom is 1.00 e. The largest absolute Gasteiger partial charge is 1.00 e. The second-order valence-corrected chi connectivity index (χ2v) is 13.4. The SMILES string of the molecule is CCCCCCCCCCCCCCCCCCCCCOS(=O)(=O)C(F)CCCCCCCCCCC.[H-].[K+]. The molecule has 0 N–H and O–H groups in total. The molecular weight excluding hydrogens is 535 g/mol. The van der Waals surface area contributed by atoms with Gasteiger partial charge in [-0.15, -0.1) is 0 Å². The summed E-state index contributed by atoms with van der Waals surface area (Å²) in [5.41, 5.74) is -1.87. The number of hydrogen-bond acceptors (Lipinski definition) is 3. The molecule has 0 aliphatic carbocycles. The molecule has 0 aromatic rings. The van der Waals surface area contributed by atoms with Crippen LogP contribution in [0, 0.1) is 0 Å². The predicted molar refractivity (Wildman–Crippen MR) is 166 cm³/mol. The van der Waals surface area contributed by atoms with E-state index >= 15 is 0 Å². The fraction of sp³-hybridized carbons (Fsp3) is 1.00. The molecule has 232 valence electrons. The number of halogens is 1. The van der Waals surface area contributed by atoms with Gasteiger partial charge in [-0.25, -0.2) is 4.39 Å². The molecule has 0 aliphatic rings. The van der Waals surface area contributed by atoms with Gasteiger partial charge in [-0.3, -0.25) is 4.18 Å². The molecule has 0 fully saturated rings. The molecule has 39 heavy (non-hydrogen) atoms. The summed E-state index contributed by atoms with van der Waals surface area (Å²) in [6.07, 6.45) is 35.0. The Kier molecular flexibility index (Phi) is 37.1. The van der Waals surface area contributed by atoms with Crippen LogP contribution in [0.5, 0.6) is 0 Å². The second-order valence-electron chi connectivity index (χ2n) is 11.7. The molecule has 3 nitrogen and oxygen atoms in total. The smallest absolute Gasteiger partial charge is 1.00 e. The van der Waals surface area contributed by atoms with E-state index in [0.29, 0.717) is 12.8 Å². The Bertz CT molecular complexity index is 566. The maximum atomic E-state index is 14.1. The van der Waals surface area contributed by atoms with Crippen molar-refractivity contribution in [2.24, 2.45) is 0 Å². The van der Waals surface area contributed by atoms with E-state index in [-0.39, 0.29) is 65.8 Å². The summed E-state index contributed by atoms with van der Waals surface area (Å²) < 4.78 is 43.1. The van der Waals surface area contributed by atoms with Crippen LogP contribution in [0.4, 0.5) is 4.39 Å². The quantitative estimate of drug-likeness (QED) is 0.0438. The first-order valence-electron chi connectivity index (χ1n) is 17.1. The van der Waals surface area contributed by atoms with Gasteiger partial charge in [-0.2, -0.15) is 8.42 Å². The minimum atomic E-state index is -4.06. The van der Waals surface area contributed by atoms with Gasteiger partial charge in [0.25, 0.3) is 10.1 Å². The molecule has 0 radical (unpaired) electrons. The predicted octanol–water partition coefficient (Wildman–Crippen LogP) is 9.10. The normalized spacial score (nSPS) is 12.5. The van der Waals surface area contributed by atoms with Crippen LogP contribution in [0.2, 0.25) is 0 Å². The van der Waals surface area contributed by atoms with E-state index in [1.807, 2.05) is 0 Å². The Morgan fingerprint density at radius 3 is 1.05 bits per heavy atom. The summed E-state index contributed by atoms with van der Waals surface area (Å²) >= 11 is 0. The van der Waals surface area contributed by atoms with Gasteiger partial charge in [0.15, 0.2) is 0 Å². The van der Waals surface area contributed by atoms with E-state index in [9.17, 15) is 12.8 Å². The summed E-state index contributed by atoms with van der Waals surface area (Å²) in [7, 11) is -4.06. The number of rotatable bonds is 32. The Morgan fingerprint density at radius 1 is 0.487 bits per heavy atom.